The molecule has 22 heavy (non-hydrogen) atoms. The van der Waals surface area contributed by atoms with E-state index in [4.69, 9.17) is 5.11 Å². The number of rotatable bonds is 3. The summed E-state index contributed by atoms with van der Waals surface area (Å²) >= 11 is 0. The molecular weight excluding hydrogens is 282 g/mol. The lowest BCUT2D eigenvalue weighted by Crippen LogP contribution is -2.45. The van der Waals surface area contributed by atoms with E-state index in [1.807, 2.05) is 17.8 Å². The number of carbonyl (C=O) groups is 2. The molecule has 0 spiro atoms. The minimum absolute atomic E-state index is 0.0212. The molecule has 1 N–H and O–H groups in total. The summed E-state index contributed by atoms with van der Waals surface area (Å²) in [6.45, 7) is 2.89. The number of hydrogen-bond donors (Lipinski definition) is 1. The third kappa shape index (κ3) is 2.87. The Labute approximate surface area is 130 Å². The Balaban J connectivity index is 1.65. The van der Waals surface area contributed by atoms with Gasteiger partial charge in [0, 0.05) is 19.3 Å². The smallest absolute Gasteiger partial charge is 0.306 e. The molecule has 1 aromatic heterocycles. The van der Waals surface area contributed by atoms with Gasteiger partial charge in [0.05, 0.1) is 12.0 Å². The van der Waals surface area contributed by atoms with Crippen LogP contribution in [0.4, 0.5) is 0 Å². The Bertz CT molecular complexity index is 563. The zero-order valence-electron chi connectivity index (χ0n) is 12.9. The van der Waals surface area contributed by atoms with Crippen molar-refractivity contribution in [1.82, 2.24) is 14.7 Å². The molecule has 2 unspecified atom stereocenters. The molecule has 1 saturated heterocycles. The van der Waals surface area contributed by atoms with Crippen LogP contribution in [0.3, 0.4) is 0 Å². The van der Waals surface area contributed by atoms with Gasteiger partial charge in [0.25, 0.3) is 5.91 Å². The average Bonchev–Trinajstić information content (AvgIpc) is 3.16. The van der Waals surface area contributed by atoms with Gasteiger partial charge in [-0.25, -0.2) is 0 Å². The molecule has 6 nitrogen and oxygen atoms in total. The van der Waals surface area contributed by atoms with E-state index in [0.29, 0.717) is 31.2 Å². The predicted octanol–water partition coefficient (Wildman–Crippen LogP) is 2.18. The SMILES string of the molecule is CC1CN(C(=O)c2ccn(C3CCCC3)n2)CCC1C(=O)O. The summed E-state index contributed by atoms with van der Waals surface area (Å²) in [5, 5.41) is 13.6. The second kappa shape index (κ2) is 6.10. The van der Waals surface area contributed by atoms with E-state index in [1.165, 1.54) is 12.8 Å². The number of amides is 1. The number of aromatic nitrogens is 2. The van der Waals surface area contributed by atoms with Crippen LogP contribution in [0.2, 0.25) is 0 Å². The van der Waals surface area contributed by atoms with Gasteiger partial charge >= 0.3 is 5.97 Å². The highest BCUT2D eigenvalue weighted by atomic mass is 16.4. The van der Waals surface area contributed by atoms with Crippen LogP contribution in [-0.2, 0) is 4.79 Å². The van der Waals surface area contributed by atoms with Crippen molar-refractivity contribution >= 4 is 11.9 Å². The molecule has 6 heteroatoms. The first-order valence-corrected chi connectivity index (χ1v) is 8.13. The third-order valence-electron chi connectivity index (χ3n) is 5.04. The van der Waals surface area contributed by atoms with E-state index in [1.54, 1.807) is 11.0 Å². The second-order valence-corrected chi connectivity index (χ2v) is 6.58. The maximum atomic E-state index is 12.6. The summed E-state index contributed by atoms with van der Waals surface area (Å²) in [6.07, 6.45) is 7.15. The zero-order valence-corrected chi connectivity index (χ0v) is 12.9. The van der Waals surface area contributed by atoms with E-state index in [-0.39, 0.29) is 17.7 Å². The van der Waals surface area contributed by atoms with Crippen LogP contribution in [0, 0.1) is 11.8 Å². The largest absolute Gasteiger partial charge is 0.481 e. The summed E-state index contributed by atoms with van der Waals surface area (Å²) in [5.74, 6) is -1.20. The van der Waals surface area contributed by atoms with Crippen molar-refractivity contribution in [3.63, 3.8) is 0 Å². The number of carbonyl (C=O) groups excluding carboxylic acids is 1. The number of nitrogens with zero attached hydrogens (tertiary/aromatic N) is 3. The van der Waals surface area contributed by atoms with Crippen LogP contribution in [0.5, 0.6) is 0 Å². The quantitative estimate of drug-likeness (QED) is 0.928. The van der Waals surface area contributed by atoms with Gasteiger partial charge in [-0.05, 0) is 31.2 Å². The molecule has 2 fully saturated rings. The van der Waals surface area contributed by atoms with Gasteiger partial charge in [-0.3, -0.25) is 14.3 Å². The molecule has 1 aliphatic carbocycles. The van der Waals surface area contributed by atoms with Crippen LogP contribution >= 0.6 is 0 Å². The Hall–Kier alpha value is -1.85. The maximum absolute atomic E-state index is 12.6. The minimum atomic E-state index is -0.759. The molecule has 2 aliphatic rings. The Morgan fingerprint density at radius 1 is 1.27 bits per heavy atom. The van der Waals surface area contributed by atoms with Crippen molar-refractivity contribution in [1.29, 1.82) is 0 Å². The number of piperidine rings is 1. The molecule has 1 aliphatic heterocycles. The molecule has 3 rings (SSSR count). The molecule has 0 bridgehead atoms. The summed E-state index contributed by atoms with van der Waals surface area (Å²) in [7, 11) is 0. The number of aliphatic carboxylic acids is 1. The van der Waals surface area contributed by atoms with Gasteiger partial charge in [0.1, 0.15) is 5.69 Å². The van der Waals surface area contributed by atoms with Crippen LogP contribution in [0.15, 0.2) is 12.3 Å². The fourth-order valence-corrected chi connectivity index (χ4v) is 3.68. The lowest BCUT2D eigenvalue weighted by molar-refractivity contribution is -0.145. The first-order valence-electron chi connectivity index (χ1n) is 8.13. The molecular formula is C16H23N3O3. The van der Waals surface area contributed by atoms with Crippen molar-refractivity contribution in [2.45, 2.75) is 45.1 Å². The highest BCUT2D eigenvalue weighted by Crippen LogP contribution is 2.29. The number of likely N-dealkylation sites (tertiary alicyclic amines) is 1. The Kier molecular flexibility index (Phi) is 4.18. The summed E-state index contributed by atoms with van der Waals surface area (Å²) in [6, 6.07) is 2.22. The molecule has 1 saturated carbocycles. The third-order valence-corrected chi connectivity index (χ3v) is 5.04. The van der Waals surface area contributed by atoms with Crippen LogP contribution in [-0.4, -0.2) is 44.8 Å². The van der Waals surface area contributed by atoms with Crippen molar-refractivity contribution in [2.75, 3.05) is 13.1 Å². The van der Waals surface area contributed by atoms with Crippen LogP contribution < -0.4 is 0 Å². The number of carboxylic acid groups (broad SMARTS) is 1. The fraction of sp³-hybridized carbons (Fsp3) is 0.688. The lowest BCUT2D eigenvalue weighted by atomic mass is 9.87. The van der Waals surface area contributed by atoms with Crippen LogP contribution in [0.1, 0.15) is 55.6 Å². The highest BCUT2D eigenvalue weighted by molar-refractivity contribution is 5.92. The molecule has 0 aromatic carbocycles. The second-order valence-electron chi connectivity index (χ2n) is 6.58. The van der Waals surface area contributed by atoms with Crippen molar-refractivity contribution in [2.24, 2.45) is 11.8 Å². The zero-order chi connectivity index (χ0) is 15.7. The summed E-state index contributed by atoms with van der Waals surface area (Å²) in [4.78, 5) is 25.4. The van der Waals surface area contributed by atoms with Crippen molar-refractivity contribution in [3.8, 4) is 0 Å². The fourth-order valence-electron chi connectivity index (χ4n) is 3.68. The van der Waals surface area contributed by atoms with Gasteiger partial charge < -0.3 is 10.0 Å². The van der Waals surface area contributed by atoms with Crippen molar-refractivity contribution < 1.29 is 14.7 Å². The van der Waals surface area contributed by atoms with Gasteiger partial charge in [-0.2, -0.15) is 5.10 Å². The molecule has 2 atom stereocenters. The molecule has 0 radical (unpaired) electrons. The Morgan fingerprint density at radius 3 is 2.64 bits per heavy atom. The normalized spacial score (nSPS) is 26.3. The molecule has 120 valence electrons. The topological polar surface area (TPSA) is 75.4 Å². The molecule has 1 aromatic rings. The number of hydrogen-bond acceptors (Lipinski definition) is 3. The highest BCUT2D eigenvalue weighted by Gasteiger charge is 2.34. The molecule has 1 amide bonds. The maximum Gasteiger partial charge on any atom is 0.306 e. The van der Waals surface area contributed by atoms with E-state index in [0.717, 1.165) is 12.8 Å². The van der Waals surface area contributed by atoms with E-state index in [9.17, 15) is 9.59 Å². The van der Waals surface area contributed by atoms with E-state index in [2.05, 4.69) is 5.10 Å². The monoisotopic (exact) mass is 305 g/mol. The van der Waals surface area contributed by atoms with Gasteiger partial charge in [-0.15, -0.1) is 0 Å². The number of carboxylic acids is 1. The first-order chi connectivity index (χ1) is 10.6. The standard InChI is InChI=1S/C16H23N3O3/c1-11-10-18(8-6-13(11)16(21)22)15(20)14-7-9-19(17-14)12-4-2-3-5-12/h7,9,11-13H,2-6,8,10H2,1H3,(H,21,22). The van der Waals surface area contributed by atoms with Crippen LogP contribution in [0.25, 0.3) is 0 Å². The average molecular weight is 305 g/mol. The van der Waals surface area contributed by atoms with E-state index >= 15 is 0 Å². The molecule has 2 heterocycles. The summed E-state index contributed by atoms with van der Waals surface area (Å²) in [5.41, 5.74) is 0.480. The lowest BCUT2D eigenvalue weighted by Gasteiger charge is -2.34. The first kappa shape index (κ1) is 15.1. The van der Waals surface area contributed by atoms with Gasteiger partial charge in [0.2, 0.25) is 0 Å². The minimum Gasteiger partial charge on any atom is -0.481 e. The predicted molar refractivity (Wildman–Crippen MR) is 80.5 cm³/mol. The van der Waals surface area contributed by atoms with Gasteiger partial charge in [-0.1, -0.05) is 19.8 Å². The van der Waals surface area contributed by atoms with Gasteiger partial charge in [0.15, 0.2) is 0 Å². The van der Waals surface area contributed by atoms with Crippen molar-refractivity contribution in [3.05, 3.63) is 18.0 Å². The summed E-state index contributed by atoms with van der Waals surface area (Å²) < 4.78 is 1.92. The Morgan fingerprint density at radius 2 is 2.00 bits per heavy atom. The van der Waals surface area contributed by atoms with E-state index < -0.39 is 5.97 Å².